The van der Waals surface area contributed by atoms with Gasteiger partial charge >= 0.3 is 0 Å². The van der Waals surface area contributed by atoms with Crippen LogP contribution in [0, 0.1) is 12.7 Å². The van der Waals surface area contributed by atoms with Crippen molar-refractivity contribution in [1.29, 1.82) is 0 Å². The topological polar surface area (TPSA) is 18.5 Å². The smallest absolute Gasteiger partial charge is 0.161 e. The zero-order chi connectivity index (χ0) is 15.6. The molecule has 2 aromatic carbocycles. The van der Waals surface area contributed by atoms with Crippen molar-refractivity contribution in [2.45, 2.75) is 11.8 Å². The van der Waals surface area contributed by atoms with E-state index in [1.165, 1.54) is 6.07 Å². The Balaban J connectivity index is 2.47. The van der Waals surface area contributed by atoms with Crippen LogP contribution in [0.25, 0.3) is 0 Å². The van der Waals surface area contributed by atoms with Gasteiger partial charge in [-0.2, -0.15) is 0 Å². The number of hydrogen-bond acceptors (Lipinski definition) is 2. The minimum atomic E-state index is -0.204. The third-order valence-electron chi connectivity index (χ3n) is 3.25. The van der Waals surface area contributed by atoms with E-state index in [0.29, 0.717) is 17.1 Å². The van der Waals surface area contributed by atoms with Gasteiger partial charge in [0.15, 0.2) is 11.5 Å². The maximum Gasteiger partial charge on any atom is 0.161 e. The highest BCUT2D eigenvalue weighted by molar-refractivity contribution is 9.11. The first-order chi connectivity index (χ1) is 9.97. The number of alkyl halides is 1. The molecule has 1 atom stereocenters. The van der Waals surface area contributed by atoms with Crippen LogP contribution in [-0.4, -0.2) is 14.2 Å². The van der Waals surface area contributed by atoms with Crippen LogP contribution in [0.1, 0.15) is 21.5 Å². The third kappa shape index (κ3) is 3.40. The van der Waals surface area contributed by atoms with Crippen molar-refractivity contribution in [3.05, 3.63) is 57.3 Å². The molecule has 0 aromatic heterocycles. The molecule has 2 aromatic rings. The summed E-state index contributed by atoms with van der Waals surface area (Å²) in [5, 5.41) is 0. The van der Waals surface area contributed by atoms with E-state index in [4.69, 9.17) is 9.47 Å². The Morgan fingerprint density at radius 1 is 1.05 bits per heavy atom. The van der Waals surface area contributed by atoms with E-state index in [1.54, 1.807) is 27.2 Å². The second kappa shape index (κ2) is 6.79. The molecule has 0 spiro atoms. The van der Waals surface area contributed by atoms with Gasteiger partial charge in [-0.25, -0.2) is 4.39 Å². The quantitative estimate of drug-likeness (QED) is 0.620. The normalized spacial score (nSPS) is 12.1. The van der Waals surface area contributed by atoms with Crippen molar-refractivity contribution < 1.29 is 13.9 Å². The summed E-state index contributed by atoms with van der Waals surface area (Å²) in [7, 11) is 3.19. The monoisotopic (exact) mass is 416 g/mol. The summed E-state index contributed by atoms with van der Waals surface area (Å²) < 4.78 is 24.9. The lowest BCUT2D eigenvalue weighted by Gasteiger charge is -2.17. The van der Waals surface area contributed by atoms with Gasteiger partial charge in [-0.3, -0.25) is 0 Å². The number of halogens is 3. The predicted octanol–water partition coefficient (Wildman–Crippen LogP) is 5.40. The SMILES string of the molecule is COc1cc(Br)c(C(Br)c2ccc(F)c(C)c2)cc1OC. The summed E-state index contributed by atoms with van der Waals surface area (Å²) in [6.45, 7) is 1.75. The molecule has 0 saturated heterocycles. The summed E-state index contributed by atoms with van der Waals surface area (Å²) in [4.78, 5) is -0.0778. The molecule has 0 aliphatic carbocycles. The standard InChI is InChI=1S/C16H15Br2FO2/c1-9-6-10(4-5-13(9)19)16(18)11-7-14(20-2)15(21-3)8-12(11)17/h4-8,16H,1-3H3. The molecule has 0 heterocycles. The van der Waals surface area contributed by atoms with Crippen LogP contribution in [-0.2, 0) is 0 Å². The number of aryl methyl sites for hydroxylation is 1. The molecule has 2 nitrogen and oxygen atoms in total. The first-order valence-corrected chi connectivity index (χ1v) is 8.00. The van der Waals surface area contributed by atoms with Crippen LogP contribution in [0.2, 0.25) is 0 Å². The molecule has 0 fully saturated rings. The summed E-state index contributed by atoms with van der Waals surface area (Å²) in [6, 6.07) is 8.84. The van der Waals surface area contributed by atoms with E-state index in [2.05, 4.69) is 31.9 Å². The van der Waals surface area contributed by atoms with E-state index in [-0.39, 0.29) is 10.6 Å². The summed E-state index contributed by atoms with van der Waals surface area (Å²) >= 11 is 7.21. The number of benzene rings is 2. The Bertz CT molecular complexity index is 659. The van der Waals surface area contributed by atoms with Gasteiger partial charge in [-0.05, 0) is 41.8 Å². The lowest BCUT2D eigenvalue weighted by molar-refractivity contribution is 0.354. The first kappa shape index (κ1) is 16.3. The van der Waals surface area contributed by atoms with E-state index in [1.807, 2.05) is 18.2 Å². The predicted molar refractivity (Wildman–Crippen MR) is 89.2 cm³/mol. The highest BCUT2D eigenvalue weighted by Crippen LogP contribution is 2.41. The van der Waals surface area contributed by atoms with E-state index in [0.717, 1.165) is 15.6 Å². The zero-order valence-corrected chi connectivity index (χ0v) is 15.1. The second-order valence-electron chi connectivity index (χ2n) is 4.60. The van der Waals surface area contributed by atoms with Crippen LogP contribution in [0.5, 0.6) is 11.5 Å². The number of ether oxygens (including phenoxy) is 2. The van der Waals surface area contributed by atoms with Gasteiger partial charge in [0, 0.05) is 4.47 Å². The zero-order valence-electron chi connectivity index (χ0n) is 11.9. The molecular weight excluding hydrogens is 403 g/mol. The van der Waals surface area contributed by atoms with Crippen LogP contribution in [0.15, 0.2) is 34.8 Å². The van der Waals surface area contributed by atoms with E-state index in [9.17, 15) is 4.39 Å². The van der Waals surface area contributed by atoms with Crippen LogP contribution in [0.3, 0.4) is 0 Å². The third-order valence-corrected chi connectivity index (χ3v) is 4.96. The van der Waals surface area contributed by atoms with Crippen molar-refractivity contribution >= 4 is 31.9 Å². The Kier molecular flexibility index (Phi) is 5.27. The fraction of sp³-hybridized carbons (Fsp3) is 0.250. The van der Waals surface area contributed by atoms with Crippen molar-refractivity contribution in [3.63, 3.8) is 0 Å². The molecule has 0 saturated carbocycles. The number of methoxy groups -OCH3 is 2. The van der Waals surface area contributed by atoms with E-state index < -0.39 is 0 Å². The van der Waals surface area contributed by atoms with Gasteiger partial charge in [-0.15, -0.1) is 0 Å². The Morgan fingerprint density at radius 2 is 1.67 bits per heavy atom. The molecule has 0 amide bonds. The molecule has 112 valence electrons. The maximum atomic E-state index is 13.4. The minimum Gasteiger partial charge on any atom is -0.493 e. The molecule has 2 rings (SSSR count). The fourth-order valence-electron chi connectivity index (χ4n) is 2.07. The van der Waals surface area contributed by atoms with Gasteiger partial charge in [-0.1, -0.05) is 44.0 Å². The minimum absolute atomic E-state index is 0.0778. The summed E-state index contributed by atoms with van der Waals surface area (Å²) in [5.74, 6) is 1.10. The Morgan fingerprint density at radius 3 is 2.24 bits per heavy atom. The molecule has 0 bridgehead atoms. The maximum absolute atomic E-state index is 13.4. The number of hydrogen-bond donors (Lipinski definition) is 0. The van der Waals surface area contributed by atoms with Crippen LogP contribution >= 0.6 is 31.9 Å². The van der Waals surface area contributed by atoms with Crippen molar-refractivity contribution in [3.8, 4) is 11.5 Å². The van der Waals surface area contributed by atoms with Gasteiger partial charge < -0.3 is 9.47 Å². The Hall–Kier alpha value is -1.07. The molecule has 0 aliphatic heterocycles. The van der Waals surface area contributed by atoms with Crippen LogP contribution in [0.4, 0.5) is 4.39 Å². The fourth-order valence-corrected chi connectivity index (χ4v) is 3.59. The summed E-state index contributed by atoms with van der Waals surface area (Å²) in [6.07, 6.45) is 0. The second-order valence-corrected chi connectivity index (χ2v) is 6.37. The molecular formula is C16H15Br2FO2. The molecule has 1 unspecified atom stereocenters. The first-order valence-electron chi connectivity index (χ1n) is 6.29. The molecule has 0 aliphatic rings. The highest BCUT2D eigenvalue weighted by Gasteiger charge is 2.18. The number of rotatable bonds is 4. The highest BCUT2D eigenvalue weighted by atomic mass is 79.9. The van der Waals surface area contributed by atoms with Crippen LogP contribution < -0.4 is 9.47 Å². The molecule has 0 N–H and O–H groups in total. The average molecular weight is 418 g/mol. The van der Waals surface area contributed by atoms with Gasteiger partial charge in [0.25, 0.3) is 0 Å². The largest absolute Gasteiger partial charge is 0.493 e. The Labute approximate surface area is 140 Å². The van der Waals surface area contributed by atoms with Crippen molar-refractivity contribution in [2.24, 2.45) is 0 Å². The lowest BCUT2D eigenvalue weighted by Crippen LogP contribution is -1.99. The molecule has 21 heavy (non-hydrogen) atoms. The lowest BCUT2D eigenvalue weighted by atomic mass is 10.0. The average Bonchev–Trinajstić information content (AvgIpc) is 2.49. The van der Waals surface area contributed by atoms with Gasteiger partial charge in [0.1, 0.15) is 5.82 Å². The molecule has 0 radical (unpaired) electrons. The van der Waals surface area contributed by atoms with Crippen molar-refractivity contribution in [1.82, 2.24) is 0 Å². The van der Waals surface area contributed by atoms with Crippen molar-refractivity contribution in [2.75, 3.05) is 14.2 Å². The van der Waals surface area contributed by atoms with Gasteiger partial charge in [0.2, 0.25) is 0 Å². The van der Waals surface area contributed by atoms with E-state index >= 15 is 0 Å². The molecule has 5 heteroatoms. The summed E-state index contributed by atoms with van der Waals surface area (Å²) in [5.41, 5.74) is 2.58. The van der Waals surface area contributed by atoms with Gasteiger partial charge in [0.05, 0.1) is 19.0 Å².